The van der Waals surface area contributed by atoms with Gasteiger partial charge in [-0.05, 0) is 12.1 Å². The highest BCUT2D eigenvalue weighted by molar-refractivity contribution is 5.87. The van der Waals surface area contributed by atoms with Crippen molar-refractivity contribution in [1.29, 1.82) is 0 Å². The smallest absolute Gasteiger partial charge is 0.330 e. The molecule has 1 aromatic carbocycles. The number of phenolic OH excluding ortho intramolecular Hbond substituents is 1. The second kappa shape index (κ2) is 6.67. The lowest BCUT2D eigenvalue weighted by Gasteiger charge is -2.06. The molecule has 1 unspecified atom stereocenters. The number of aliphatic hydroxyl groups excluding tert-OH is 2. The van der Waals surface area contributed by atoms with Crippen LogP contribution in [0.25, 0.3) is 6.08 Å². The summed E-state index contributed by atoms with van der Waals surface area (Å²) in [7, 11) is 0. The molecule has 0 aliphatic rings. The first-order valence-corrected chi connectivity index (χ1v) is 5.05. The van der Waals surface area contributed by atoms with E-state index in [-0.39, 0.29) is 12.4 Å². The van der Waals surface area contributed by atoms with Crippen molar-refractivity contribution in [3.63, 3.8) is 0 Å². The number of hydrogen-bond donors (Lipinski definition) is 3. The fraction of sp³-hybridized carbons (Fsp3) is 0.250. The molecule has 17 heavy (non-hydrogen) atoms. The number of aliphatic hydroxyl groups is 2. The summed E-state index contributed by atoms with van der Waals surface area (Å²) in [6, 6.07) is 6.53. The normalized spacial score (nSPS) is 12.6. The van der Waals surface area contributed by atoms with Crippen LogP contribution < -0.4 is 0 Å². The molecule has 0 spiro atoms. The summed E-state index contributed by atoms with van der Waals surface area (Å²) < 4.78 is 4.64. The predicted octanol–water partition coefficient (Wildman–Crippen LogP) is 0.302. The Labute approximate surface area is 98.6 Å². The molecule has 5 heteroatoms. The average molecular weight is 238 g/mol. The van der Waals surface area contributed by atoms with Gasteiger partial charge in [0.05, 0.1) is 6.61 Å². The summed E-state index contributed by atoms with van der Waals surface area (Å²) in [5.74, 6) is -0.590. The number of carbonyl (C=O) groups is 1. The molecular formula is C12H14O5. The van der Waals surface area contributed by atoms with Crippen molar-refractivity contribution in [2.45, 2.75) is 6.10 Å². The first kappa shape index (κ1) is 13.2. The quantitative estimate of drug-likeness (QED) is 0.507. The maximum absolute atomic E-state index is 11.2. The number of esters is 1. The van der Waals surface area contributed by atoms with Crippen molar-refractivity contribution in [3.8, 4) is 5.75 Å². The first-order valence-electron chi connectivity index (χ1n) is 5.05. The van der Waals surface area contributed by atoms with Gasteiger partial charge in [0.1, 0.15) is 18.5 Å². The summed E-state index contributed by atoms with van der Waals surface area (Å²) in [5, 5.41) is 26.8. The SMILES string of the molecule is O=C(C=Cc1ccccc1O)OCC(O)CO. The molecule has 0 heterocycles. The zero-order valence-corrected chi connectivity index (χ0v) is 9.11. The van der Waals surface area contributed by atoms with Crippen LogP contribution in [-0.2, 0) is 9.53 Å². The first-order chi connectivity index (χ1) is 8.13. The average Bonchev–Trinajstić information content (AvgIpc) is 2.35. The van der Waals surface area contributed by atoms with Crippen LogP contribution >= 0.6 is 0 Å². The van der Waals surface area contributed by atoms with E-state index in [9.17, 15) is 9.90 Å². The van der Waals surface area contributed by atoms with Crippen molar-refractivity contribution < 1.29 is 24.9 Å². The minimum atomic E-state index is -1.07. The minimum absolute atomic E-state index is 0.0620. The monoisotopic (exact) mass is 238 g/mol. The fourth-order valence-corrected chi connectivity index (χ4v) is 1.07. The van der Waals surface area contributed by atoms with Gasteiger partial charge in [-0.15, -0.1) is 0 Å². The van der Waals surface area contributed by atoms with Gasteiger partial charge < -0.3 is 20.1 Å². The summed E-state index contributed by atoms with van der Waals surface area (Å²) in [5.41, 5.74) is 0.493. The Morgan fingerprint density at radius 1 is 1.41 bits per heavy atom. The van der Waals surface area contributed by atoms with Crippen molar-refractivity contribution in [2.75, 3.05) is 13.2 Å². The number of aromatic hydroxyl groups is 1. The maximum Gasteiger partial charge on any atom is 0.330 e. The number of ether oxygens (including phenoxy) is 1. The van der Waals surface area contributed by atoms with E-state index in [1.54, 1.807) is 18.2 Å². The largest absolute Gasteiger partial charge is 0.507 e. The highest BCUT2D eigenvalue weighted by Crippen LogP contribution is 2.16. The zero-order valence-electron chi connectivity index (χ0n) is 9.11. The third kappa shape index (κ3) is 4.67. The molecule has 0 bridgehead atoms. The van der Waals surface area contributed by atoms with Crippen LogP contribution in [0.5, 0.6) is 5.75 Å². The minimum Gasteiger partial charge on any atom is -0.507 e. The third-order valence-corrected chi connectivity index (χ3v) is 1.96. The van der Waals surface area contributed by atoms with Gasteiger partial charge >= 0.3 is 5.97 Å². The highest BCUT2D eigenvalue weighted by Gasteiger charge is 2.05. The van der Waals surface area contributed by atoms with Crippen molar-refractivity contribution >= 4 is 12.0 Å². The van der Waals surface area contributed by atoms with Crippen LogP contribution in [0.2, 0.25) is 0 Å². The van der Waals surface area contributed by atoms with Gasteiger partial charge in [-0.1, -0.05) is 18.2 Å². The van der Waals surface area contributed by atoms with Gasteiger partial charge in [-0.3, -0.25) is 0 Å². The Kier molecular flexibility index (Phi) is 5.19. The highest BCUT2D eigenvalue weighted by atomic mass is 16.5. The molecule has 0 radical (unpaired) electrons. The van der Waals surface area contributed by atoms with Gasteiger partial charge in [0.2, 0.25) is 0 Å². The number of phenols is 1. The second-order valence-electron chi connectivity index (χ2n) is 3.36. The van der Waals surface area contributed by atoms with Crippen LogP contribution in [0.15, 0.2) is 30.3 Å². The molecular weight excluding hydrogens is 224 g/mol. The second-order valence-corrected chi connectivity index (χ2v) is 3.36. The number of hydrogen-bond acceptors (Lipinski definition) is 5. The van der Waals surface area contributed by atoms with Crippen LogP contribution in [0.1, 0.15) is 5.56 Å². The summed E-state index contributed by atoms with van der Waals surface area (Å²) in [4.78, 5) is 11.2. The van der Waals surface area contributed by atoms with Gasteiger partial charge in [0.25, 0.3) is 0 Å². The van der Waals surface area contributed by atoms with Gasteiger partial charge in [-0.25, -0.2) is 4.79 Å². The van der Waals surface area contributed by atoms with Crippen molar-refractivity contribution in [2.24, 2.45) is 0 Å². The van der Waals surface area contributed by atoms with E-state index >= 15 is 0 Å². The Balaban J connectivity index is 2.49. The molecule has 1 atom stereocenters. The molecule has 92 valence electrons. The Hall–Kier alpha value is -1.85. The van der Waals surface area contributed by atoms with Crippen LogP contribution in [0.3, 0.4) is 0 Å². The lowest BCUT2D eigenvalue weighted by molar-refractivity contribution is -0.141. The molecule has 0 aromatic heterocycles. The van der Waals surface area contributed by atoms with E-state index in [0.717, 1.165) is 6.08 Å². The molecule has 1 rings (SSSR count). The number of rotatable bonds is 5. The van der Waals surface area contributed by atoms with Gasteiger partial charge in [0.15, 0.2) is 0 Å². The maximum atomic E-state index is 11.2. The lowest BCUT2D eigenvalue weighted by Crippen LogP contribution is -2.21. The number of para-hydroxylation sites is 1. The Morgan fingerprint density at radius 3 is 2.76 bits per heavy atom. The van der Waals surface area contributed by atoms with E-state index in [1.807, 2.05) is 0 Å². The molecule has 0 fully saturated rings. The van der Waals surface area contributed by atoms with E-state index < -0.39 is 18.7 Å². The van der Waals surface area contributed by atoms with E-state index in [2.05, 4.69) is 4.74 Å². The molecule has 3 N–H and O–H groups in total. The summed E-state index contributed by atoms with van der Waals surface area (Å²) in [6.45, 7) is -0.725. The van der Waals surface area contributed by atoms with Crippen molar-refractivity contribution in [3.05, 3.63) is 35.9 Å². The van der Waals surface area contributed by atoms with Crippen LogP contribution in [0, 0.1) is 0 Å². The zero-order chi connectivity index (χ0) is 12.7. The molecule has 5 nitrogen and oxygen atoms in total. The molecule has 0 aliphatic heterocycles. The van der Waals surface area contributed by atoms with Crippen LogP contribution in [0.4, 0.5) is 0 Å². The van der Waals surface area contributed by atoms with E-state index in [0.29, 0.717) is 5.56 Å². The standard InChI is InChI=1S/C12H14O5/c13-7-10(14)8-17-12(16)6-5-9-3-1-2-4-11(9)15/h1-6,10,13-15H,7-8H2. The Morgan fingerprint density at radius 2 is 2.12 bits per heavy atom. The molecule has 1 aromatic rings. The molecule has 0 saturated heterocycles. The fourth-order valence-electron chi connectivity index (χ4n) is 1.07. The topological polar surface area (TPSA) is 87.0 Å². The summed E-state index contributed by atoms with van der Waals surface area (Å²) in [6.07, 6.45) is 1.47. The predicted molar refractivity (Wildman–Crippen MR) is 61.2 cm³/mol. The third-order valence-electron chi connectivity index (χ3n) is 1.96. The van der Waals surface area contributed by atoms with E-state index in [1.165, 1.54) is 12.1 Å². The van der Waals surface area contributed by atoms with Crippen LogP contribution in [-0.4, -0.2) is 40.6 Å². The molecule has 0 saturated carbocycles. The van der Waals surface area contributed by atoms with Gasteiger partial charge in [0, 0.05) is 11.6 Å². The van der Waals surface area contributed by atoms with E-state index in [4.69, 9.17) is 10.2 Å². The van der Waals surface area contributed by atoms with Gasteiger partial charge in [-0.2, -0.15) is 0 Å². The van der Waals surface area contributed by atoms with Crippen molar-refractivity contribution in [1.82, 2.24) is 0 Å². The lowest BCUT2D eigenvalue weighted by atomic mass is 10.2. The Bertz CT molecular complexity index is 400. The number of carbonyl (C=O) groups excluding carboxylic acids is 1. The molecule has 0 aliphatic carbocycles. The number of benzene rings is 1. The summed E-state index contributed by atoms with van der Waals surface area (Å²) >= 11 is 0. The molecule has 0 amide bonds.